The first-order valence-corrected chi connectivity index (χ1v) is 4.01. The zero-order valence-electron chi connectivity index (χ0n) is 7.40. The van der Waals surface area contributed by atoms with Crippen LogP contribution in [0.25, 0.3) is 5.57 Å². The predicted octanol–water partition coefficient (Wildman–Crippen LogP) is 3.15. The summed E-state index contributed by atoms with van der Waals surface area (Å²) in [6, 6.07) is 6.93. The van der Waals surface area contributed by atoms with Crippen molar-refractivity contribution < 1.29 is 5.11 Å². The largest absolute Gasteiger partial charge is 0.508 e. The molecule has 1 aromatic rings. The highest BCUT2D eigenvalue weighted by Gasteiger charge is 1.93. The van der Waals surface area contributed by atoms with Crippen molar-refractivity contribution in [3.8, 4) is 5.75 Å². The molecule has 0 bridgehead atoms. The monoisotopic (exact) mass is 172 g/mol. The second kappa shape index (κ2) is 4.31. The minimum absolute atomic E-state index is 0.268. The number of phenols is 1. The molecule has 0 radical (unpaired) electrons. The lowest BCUT2D eigenvalue weighted by atomic mass is 10.1. The van der Waals surface area contributed by atoms with E-state index in [2.05, 4.69) is 13.2 Å². The summed E-state index contributed by atoms with van der Waals surface area (Å²) in [6.07, 6.45) is 5.40. The third-order valence-electron chi connectivity index (χ3n) is 1.67. The number of allylic oxidation sites excluding steroid dienone is 4. The lowest BCUT2D eigenvalue weighted by Gasteiger charge is -1.99. The molecule has 0 aromatic heterocycles. The molecule has 0 aliphatic rings. The first kappa shape index (κ1) is 9.33. The predicted molar refractivity (Wildman–Crippen MR) is 56.5 cm³/mol. The molecule has 1 nitrogen and oxygen atoms in total. The minimum Gasteiger partial charge on any atom is -0.508 e. The van der Waals surface area contributed by atoms with E-state index in [1.54, 1.807) is 18.2 Å². The molecular weight excluding hydrogens is 160 g/mol. The Hall–Kier alpha value is -1.76. The van der Waals surface area contributed by atoms with Gasteiger partial charge in [0.05, 0.1) is 0 Å². The van der Waals surface area contributed by atoms with E-state index >= 15 is 0 Å². The maximum atomic E-state index is 9.05. The topological polar surface area (TPSA) is 20.2 Å². The van der Waals surface area contributed by atoms with Crippen molar-refractivity contribution in [2.75, 3.05) is 0 Å². The van der Waals surface area contributed by atoms with Crippen LogP contribution in [0.4, 0.5) is 0 Å². The Kier molecular flexibility index (Phi) is 3.09. The van der Waals surface area contributed by atoms with Crippen molar-refractivity contribution in [1.29, 1.82) is 0 Å². The van der Waals surface area contributed by atoms with E-state index < -0.39 is 0 Å². The molecule has 0 spiro atoms. The summed E-state index contributed by atoms with van der Waals surface area (Å²) in [5.41, 5.74) is 1.90. The van der Waals surface area contributed by atoms with E-state index in [0.717, 1.165) is 11.1 Å². The average molecular weight is 172 g/mol. The maximum absolute atomic E-state index is 9.05. The molecule has 0 saturated heterocycles. The molecule has 0 atom stereocenters. The Balaban J connectivity index is 2.83. The third kappa shape index (κ3) is 2.64. The fraction of sp³-hybridized carbons (Fsp3) is 0. The van der Waals surface area contributed by atoms with Gasteiger partial charge in [-0.25, -0.2) is 0 Å². The van der Waals surface area contributed by atoms with Gasteiger partial charge in [-0.2, -0.15) is 0 Å². The molecule has 1 heteroatoms. The van der Waals surface area contributed by atoms with E-state index in [0.29, 0.717) is 0 Å². The summed E-state index contributed by atoms with van der Waals surface area (Å²) in [7, 11) is 0. The number of rotatable bonds is 3. The highest BCUT2D eigenvalue weighted by molar-refractivity contribution is 5.72. The van der Waals surface area contributed by atoms with Crippen molar-refractivity contribution in [1.82, 2.24) is 0 Å². The van der Waals surface area contributed by atoms with Gasteiger partial charge in [0.2, 0.25) is 0 Å². The molecule has 0 aliphatic heterocycles. The molecule has 0 fully saturated rings. The van der Waals surface area contributed by atoms with Crippen LogP contribution in [0.2, 0.25) is 0 Å². The second-order valence-corrected chi connectivity index (χ2v) is 2.67. The van der Waals surface area contributed by atoms with Crippen LogP contribution in [0.1, 0.15) is 5.56 Å². The van der Waals surface area contributed by atoms with Gasteiger partial charge in [-0.15, -0.1) is 0 Å². The summed E-state index contributed by atoms with van der Waals surface area (Å²) in [4.78, 5) is 0. The highest BCUT2D eigenvalue weighted by atomic mass is 16.3. The lowest BCUT2D eigenvalue weighted by Crippen LogP contribution is -1.76. The number of hydrogen-bond donors (Lipinski definition) is 1. The molecule has 0 heterocycles. The van der Waals surface area contributed by atoms with Gasteiger partial charge < -0.3 is 5.11 Å². The van der Waals surface area contributed by atoms with E-state index in [9.17, 15) is 0 Å². The van der Waals surface area contributed by atoms with Crippen LogP contribution in [-0.2, 0) is 0 Å². The summed E-state index contributed by atoms with van der Waals surface area (Å²) < 4.78 is 0. The number of aromatic hydroxyl groups is 1. The average Bonchev–Trinajstić information content (AvgIpc) is 2.15. The van der Waals surface area contributed by atoms with Gasteiger partial charge in [0.1, 0.15) is 5.75 Å². The van der Waals surface area contributed by atoms with Crippen molar-refractivity contribution in [3.63, 3.8) is 0 Å². The number of hydrogen-bond acceptors (Lipinski definition) is 1. The van der Waals surface area contributed by atoms with Crippen LogP contribution in [0.5, 0.6) is 5.75 Å². The SMILES string of the molecule is C=C/C=C\C(=C)c1ccc(O)cc1. The van der Waals surface area contributed by atoms with Crippen LogP contribution in [-0.4, -0.2) is 5.11 Å². The van der Waals surface area contributed by atoms with Crippen LogP contribution < -0.4 is 0 Å². The summed E-state index contributed by atoms with van der Waals surface area (Å²) in [5, 5.41) is 9.05. The fourth-order valence-electron chi connectivity index (χ4n) is 0.956. The highest BCUT2D eigenvalue weighted by Crippen LogP contribution is 2.17. The molecular formula is C12H12O. The van der Waals surface area contributed by atoms with Gasteiger partial charge in [0, 0.05) is 0 Å². The Labute approximate surface area is 78.3 Å². The van der Waals surface area contributed by atoms with Crippen LogP contribution in [0.15, 0.2) is 55.7 Å². The zero-order chi connectivity index (χ0) is 9.68. The van der Waals surface area contributed by atoms with E-state index in [1.165, 1.54) is 0 Å². The Morgan fingerprint density at radius 2 is 1.85 bits per heavy atom. The zero-order valence-corrected chi connectivity index (χ0v) is 7.40. The Morgan fingerprint density at radius 1 is 1.23 bits per heavy atom. The molecule has 0 aliphatic carbocycles. The molecule has 0 saturated carbocycles. The van der Waals surface area contributed by atoms with Crippen molar-refractivity contribution in [2.45, 2.75) is 0 Å². The molecule has 1 rings (SSSR count). The van der Waals surface area contributed by atoms with Gasteiger partial charge in [0.25, 0.3) is 0 Å². The standard InChI is InChI=1S/C12H12O/c1-3-4-5-10(2)11-6-8-12(13)9-7-11/h3-9,13H,1-2H2/b5-4-. The summed E-state index contributed by atoms with van der Waals surface area (Å²) in [5.74, 6) is 0.268. The van der Waals surface area contributed by atoms with Gasteiger partial charge in [0.15, 0.2) is 0 Å². The van der Waals surface area contributed by atoms with E-state index in [-0.39, 0.29) is 5.75 Å². The molecule has 1 aromatic carbocycles. The third-order valence-corrected chi connectivity index (χ3v) is 1.67. The Bertz CT molecular complexity index is 331. The van der Waals surface area contributed by atoms with Crippen LogP contribution in [0, 0.1) is 0 Å². The van der Waals surface area contributed by atoms with E-state index in [4.69, 9.17) is 5.11 Å². The van der Waals surface area contributed by atoms with E-state index in [1.807, 2.05) is 24.3 Å². The van der Waals surface area contributed by atoms with Crippen molar-refractivity contribution >= 4 is 5.57 Å². The van der Waals surface area contributed by atoms with Gasteiger partial charge >= 0.3 is 0 Å². The first-order chi connectivity index (χ1) is 6.24. The number of benzene rings is 1. The van der Waals surface area contributed by atoms with Crippen molar-refractivity contribution in [3.05, 3.63) is 61.2 Å². The number of phenolic OH excluding ortho intramolecular Hbond substituents is 1. The van der Waals surface area contributed by atoms with Crippen LogP contribution in [0.3, 0.4) is 0 Å². The van der Waals surface area contributed by atoms with Gasteiger partial charge in [-0.1, -0.05) is 43.5 Å². The molecule has 0 amide bonds. The molecule has 13 heavy (non-hydrogen) atoms. The molecule has 1 N–H and O–H groups in total. The smallest absolute Gasteiger partial charge is 0.115 e. The summed E-state index contributed by atoms with van der Waals surface area (Å²) >= 11 is 0. The Morgan fingerprint density at radius 3 is 2.38 bits per heavy atom. The molecule has 66 valence electrons. The van der Waals surface area contributed by atoms with Crippen LogP contribution >= 0.6 is 0 Å². The van der Waals surface area contributed by atoms with Crippen molar-refractivity contribution in [2.24, 2.45) is 0 Å². The van der Waals surface area contributed by atoms with Gasteiger partial charge in [-0.3, -0.25) is 0 Å². The fourth-order valence-corrected chi connectivity index (χ4v) is 0.956. The summed E-state index contributed by atoms with van der Waals surface area (Å²) in [6.45, 7) is 7.45. The quantitative estimate of drug-likeness (QED) is 0.694. The van der Waals surface area contributed by atoms with Gasteiger partial charge in [-0.05, 0) is 23.3 Å². The normalized spacial score (nSPS) is 10.2. The maximum Gasteiger partial charge on any atom is 0.115 e. The minimum atomic E-state index is 0.268. The second-order valence-electron chi connectivity index (χ2n) is 2.67. The first-order valence-electron chi connectivity index (χ1n) is 4.01. The lowest BCUT2D eigenvalue weighted by molar-refractivity contribution is 0.475. The molecule has 0 unspecified atom stereocenters.